The molecule has 5 nitrogen and oxygen atoms in total. The first-order chi connectivity index (χ1) is 10.8. The molecule has 1 heterocycles. The number of halogens is 3. The third-order valence-electron chi connectivity index (χ3n) is 3.92. The van der Waals surface area contributed by atoms with Gasteiger partial charge in [-0.1, -0.05) is 0 Å². The molecule has 128 valence electrons. The van der Waals surface area contributed by atoms with Crippen LogP contribution in [0.15, 0.2) is 24.3 Å². The van der Waals surface area contributed by atoms with Gasteiger partial charge >= 0.3 is 6.18 Å². The Kier molecular flexibility index (Phi) is 5.35. The van der Waals surface area contributed by atoms with E-state index in [0.29, 0.717) is 26.2 Å². The largest absolute Gasteiger partial charge is 0.508 e. The molecule has 0 aliphatic carbocycles. The van der Waals surface area contributed by atoms with E-state index in [9.17, 15) is 23.1 Å². The normalized spacial score (nSPS) is 17.8. The van der Waals surface area contributed by atoms with Crippen LogP contribution in [0, 0.1) is 0 Å². The SMILES string of the molecule is CC(C(=O)NCC(F)(F)F)N1CCN(c2ccc(O)cc2)CC1. The van der Waals surface area contributed by atoms with Crippen LogP contribution in [0.25, 0.3) is 0 Å². The predicted octanol–water partition coefficient (Wildman–Crippen LogP) is 1.58. The number of rotatable bonds is 4. The van der Waals surface area contributed by atoms with Crippen LogP contribution in [-0.4, -0.2) is 60.9 Å². The van der Waals surface area contributed by atoms with Crippen molar-refractivity contribution in [2.45, 2.75) is 19.1 Å². The van der Waals surface area contributed by atoms with Crippen molar-refractivity contribution < 1.29 is 23.1 Å². The summed E-state index contributed by atoms with van der Waals surface area (Å²) in [6, 6.07) is 6.23. The molecule has 0 radical (unpaired) electrons. The van der Waals surface area contributed by atoms with Gasteiger partial charge in [0.1, 0.15) is 12.3 Å². The molecule has 1 aromatic rings. The number of hydrogen-bond donors (Lipinski definition) is 2. The minimum atomic E-state index is -4.40. The van der Waals surface area contributed by atoms with Crippen molar-refractivity contribution in [2.24, 2.45) is 0 Å². The highest BCUT2D eigenvalue weighted by Crippen LogP contribution is 2.20. The number of amides is 1. The fourth-order valence-electron chi connectivity index (χ4n) is 2.53. The van der Waals surface area contributed by atoms with Gasteiger partial charge in [-0.2, -0.15) is 13.2 Å². The molecule has 1 aliphatic rings. The molecule has 1 fully saturated rings. The van der Waals surface area contributed by atoms with E-state index in [0.717, 1.165) is 5.69 Å². The lowest BCUT2D eigenvalue weighted by Crippen LogP contribution is -2.54. The lowest BCUT2D eigenvalue weighted by Gasteiger charge is -2.38. The monoisotopic (exact) mass is 331 g/mol. The van der Waals surface area contributed by atoms with Crippen molar-refractivity contribution in [3.05, 3.63) is 24.3 Å². The molecule has 0 saturated carbocycles. The fourth-order valence-corrected chi connectivity index (χ4v) is 2.53. The maximum absolute atomic E-state index is 12.1. The van der Waals surface area contributed by atoms with Crippen LogP contribution in [0.5, 0.6) is 5.75 Å². The molecule has 2 N–H and O–H groups in total. The van der Waals surface area contributed by atoms with Crippen molar-refractivity contribution in [1.29, 1.82) is 0 Å². The summed E-state index contributed by atoms with van der Waals surface area (Å²) in [7, 11) is 0. The Bertz CT molecular complexity index is 526. The van der Waals surface area contributed by atoms with Crippen molar-refractivity contribution in [3.63, 3.8) is 0 Å². The molecular weight excluding hydrogens is 311 g/mol. The number of carbonyl (C=O) groups is 1. The quantitative estimate of drug-likeness (QED) is 0.880. The first-order valence-electron chi connectivity index (χ1n) is 7.39. The highest BCUT2D eigenvalue weighted by atomic mass is 19.4. The molecule has 0 spiro atoms. The number of nitrogens with one attached hydrogen (secondary N) is 1. The van der Waals surface area contributed by atoms with Crippen LogP contribution < -0.4 is 10.2 Å². The van der Waals surface area contributed by atoms with Gasteiger partial charge in [0.15, 0.2) is 0 Å². The van der Waals surface area contributed by atoms with Crippen LogP contribution in [0.3, 0.4) is 0 Å². The number of carbonyl (C=O) groups excluding carboxylic acids is 1. The average molecular weight is 331 g/mol. The number of aromatic hydroxyl groups is 1. The first-order valence-corrected chi connectivity index (χ1v) is 7.39. The van der Waals surface area contributed by atoms with E-state index in [-0.39, 0.29) is 5.75 Å². The number of phenolic OH excluding ortho intramolecular Hbond substituents is 1. The summed E-state index contributed by atoms with van der Waals surface area (Å²) in [6.07, 6.45) is -4.40. The number of nitrogens with zero attached hydrogens (tertiary/aromatic N) is 2. The van der Waals surface area contributed by atoms with E-state index >= 15 is 0 Å². The third-order valence-corrected chi connectivity index (χ3v) is 3.92. The van der Waals surface area contributed by atoms with Crippen molar-refractivity contribution in [3.8, 4) is 5.75 Å². The van der Waals surface area contributed by atoms with E-state index in [1.165, 1.54) is 0 Å². The molecule has 1 amide bonds. The van der Waals surface area contributed by atoms with Gasteiger partial charge in [0.2, 0.25) is 5.91 Å². The Labute approximate surface area is 132 Å². The van der Waals surface area contributed by atoms with E-state index in [1.54, 1.807) is 19.1 Å². The molecule has 1 unspecified atom stereocenters. The smallest absolute Gasteiger partial charge is 0.405 e. The van der Waals surface area contributed by atoms with Crippen LogP contribution in [0.2, 0.25) is 0 Å². The van der Waals surface area contributed by atoms with Gasteiger partial charge < -0.3 is 15.3 Å². The molecule has 2 rings (SSSR count). The summed E-state index contributed by atoms with van der Waals surface area (Å²) < 4.78 is 36.4. The van der Waals surface area contributed by atoms with Crippen molar-refractivity contribution >= 4 is 11.6 Å². The summed E-state index contributed by atoms with van der Waals surface area (Å²) in [4.78, 5) is 15.8. The minimum Gasteiger partial charge on any atom is -0.508 e. The maximum Gasteiger partial charge on any atom is 0.405 e. The maximum atomic E-state index is 12.1. The lowest BCUT2D eigenvalue weighted by molar-refractivity contribution is -0.141. The van der Waals surface area contributed by atoms with Gasteiger partial charge in [0, 0.05) is 31.9 Å². The Morgan fingerprint density at radius 1 is 1.22 bits per heavy atom. The first kappa shape index (κ1) is 17.4. The Balaban J connectivity index is 1.83. The van der Waals surface area contributed by atoms with Crippen LogP contribution in [0.1, 0.15) is 6.92 Å². The molecule has 0 bridgehead atoms. The van der Waals surface area contributed by atoms with Crippen molar-refractivity contribution in [1.82, 2.24) is 10.2 Å². The van der Waals surface area contributed by atoms with Gasteiger partial charge in [-0.3, -0.25) is 9.69 Å². The summed E-state index contributed by atoms with van der Waals surface area (Å²) in [5.74, 6) is -0.414. The molecule has 23 heavy (non-hydrogen) atoms. The standard InChI is InChI=1S/C15H20F3N3O2/c1-11(14(23)19-10-15(16,17)18)20-6-8-21(9-7-20)12-2-4-13(22)5-3-12/h2-5,11,22H,6-10H2,1H3,(H,19,23). The Morgan fingerprint density at radius 2 is 1.78 bits per heavy atom. The van der Waals surface area contributed by atoms with Crippen LogP contribution in [0.4, 0.5) is 18.9 Å². The van der Waals surface area contributed by atoms with E-state index < -0.39 is 24.7 Å². The number of phenols is 1. The second kappa shape index (κ2) is 7.08. The molecule has 1 atom stereocenters. The topological polar surface area (TPSA) is 55.8 Å². The number of benzene rings is 1. The number of alkyl halides is 3. The highest BCUT2D eigenvalue weighted by Gasteiger charge is 2.31. The molecule has 1 saturated heterocycles. The van der Waals surface area contributed by atoms with Gasteiger partial charge in [0.05, 0.1) is 6.04 Å². The third kappa shape index (κ3) is 5.02. The second-order valence-electron chi connectivity index (χ2n) is 5.55. The molecular formula is C15H20F3N3O2. The molecule has 0 aromatic heterocycles. The summed E-state index contributed by atoms with van der Waals surface area (Å²) in [6.45, 7) is 2.82. The average Bonchev–Trinajstić information content (AvgIpc) is 2.52. The molecule has 8 heteroatoms. The van der Waals surface area contributed by atoms with E-state index in [2.05, 4.69) is 4.90 Å². The van der Waals surface area contributed by atoms with Gasteiger partial charge in [-0.05, 0) is 31.2 Å². The zero-order valence-electron chi connectivity index (χ0n) is 12.8. The summed E-state index contributed by atoms with van der Waals surface area (Å²) in [5, 5.41) is 11.2. The highest BCUT2D eigenvalue weighted by molar-refractivity contribution is 5.81. The van der Waals surface area contributed by atoms with Crippen LogP contribution >= 0.6 is 0 Å². The van der Waals surface area contributed by atoms with E-state index in [4.69, 9.17) is 0 Å². The molecule has 1 aromatic carbocycles. The van der Waals surface area contributed by atoms with Crippen LogP contribution in [-0.2, 0) is 4.79 Å². The van der Waals surface area contributed by atoms with Gasteiger partial charge in [-0.15, -0.1) is 0 Å². The summed E-state index contributed by atoms with van der Waals surface area (Å²) >= 11 is 0. The Hall–Kier alpha value is -1.96. The fraction of sp³-hybridized carbons (Fsp3) is 0.533. The van der Waals surface area contributed by atoms with Crippen molar-refractivity contribution in [2.75, 3.05) is 37.6 Å². The summed E-state index contributed by atoms with van der Waals surface area (Å²) in [5.41, 5.74) is 0.969. The second-order valence-corrected chi connectivity index (χ2v) is 5.55. The number of anilines is 1. The molecule has 1 aliphatic heterocycles. The van der Waals surface area contributed by atoms with Gasteiger partial charge in [0.25, 0.3) is 0 Å². The Morgan fingerprint density at radius 3 is 2.30 bits per heavy atom. The van der Waals surface area contributed by atoms with E-state index in [1.807, 2.05) is 22.3 Å². The minimum absolute atomic E-state index is 0.197. The number of piperazine rings is 1. The number of hydrogen-bond acceptors (Lipinski definition) is 4. The predicted molar refractivity (Wildman–Crippen MR) is 80.4 cm³/mol. The lowest BCUT2D eigenvalue weighted by atomic mass is 10.2. The zero-order valence-corrected chi connectivity index (χ0v) is 12.8. The van der Waals surface area contributed by atoms with Gasteiger partial charge in [-0.25, -0.2) is 0 Å². The zero-order chi connectivity index (χ0) is 17.0.